The summed E-state index contributed by atoms with van der Waals surface area (Å²) in [6, 6.07) is 11.9. The number of anilines is 1. The van der Waals surface area contributed by atoms with Crippen molar-refractivity contribution in [3.05, 3.63) is 52.5 Å². The number of rotatable bonds is 6. The molecule has 0 spiro atoms. The Hall–Kier alpha value is -1.87. The van der Waals surface area contributed by atoms with Gasteiger partial charge in [-0.05, 0) is 49.2 Å². The van der Waals surface area contributed by atoms with E-state index in [1.807, 2.05) is 50.2 Å². The number of hydrogen-bond acceptors (Lipinski definition) is 3. The Kier molecular flexibility index (Phi) is 5.34. The van der Waals surface area contributed by atoms with Crippen LogP contribution in [0.2, 0.25) is 5.02 Å². The van der Waals surface area contributed by atoms with Gasteiger partial charge in [-0.25, -0.2) is 0 Å². The Bertz CT molecular complexity index is 614. The first-order valence-electron chi connectivity index (χ1n) is 6.93. The second-order valence-electron chi connectivity index (χ2n) is 4.74. The third-order valence-corrected chi connectivity index (χ3v) is 3.60. The van der Waals surface area contributed by atoms with E-state index >= 15 is 0 Å². The number of ether oxygens (including phenoxy) is 2. The lowest BCUT2D eigenvalue weighted by Gasteiger charge is -2.12. The third-order valence-electron chi connectivity index (χ3n) is 3.20. The van der Waals surface area contributed by atoms with Gasteiger partial charge in [-0.1, -0.05) is 23.7 Å². The molecular formula is C17H20ClNO2. The molecule has 2 aromatic rings. The standard InChI is InChI=1S/C17H20ClNO2/c1-4-21-16-8-6-13(9-17(16)20-3)11-19-14-7-5-12(2)15(18)10-14/h5-10,19H,4,11H2,1-3H3. The molecule has 0 saturated heterocycles. The van der Waals surface area contributed by atoms with Crippen molar-refractivity contribution in [1.82, 2.24) is 0 Å². The van der Waals surface area contributed by atoms with Crippen molar-refractivity contribution in [2.24, 2.45) is 0 Å². The van der Waals surface area contributed by atoms with Gasteiger partial charge >= 0.3 is 0 Å². The van der Waals surface area contributed by atoms with E-state index in [2.05, 4.69) is 5.32 Å². The summed E-state index contributed by atoms with van der Waals surface area (Å²) < 4.78 is 10.9. The monoisotopic (exact) mass is 305 g/mol. The van der Waals surface area contributed by atoms with Crippen LogP contribution in [0.1, 0.15) is 18.1 Å². The molecular weight excluding hydrogens is 286 g/mol. The third kappa shape index (κ3) is 4.05. The molecule has 0 atom stereocenters. The molecule has 21 heavy (non-hydrogen) atoms. The van der Waals surface area contributed by atoms with E-state index in [1.54, 1.807) is 7.11 Å². The van der Waals surface area contributed by atoms with Gasteiger partial charge in [-0.15, -0.1) is 0 Å². The molecule has 3 nitrogen and oxygen atoms in total. The highest BCUT2D eigenvalue weighted by molar-refractivity contribution is 6.31. The minimum atomic E-state index is 0.621. The van der Waals surface area contributed by atoms with Gasteiger partial charge < -0.3 is 14.8 Å². The maximum Gasteiger partial charge on any atom is 0.161 e. The van der Waals surface area contributed by atoms with Crippen molar-refractivity contribution < 1.29 is 9.47 Å². The molecule has 0 amide bonds. The zero-order chi connectivity index (χ0) is 15.2. The van der Waals surface area contributed by atoms with Gasteiger partial charge in [-0.2, -0.15) is 0 Å². The predicted molar refractivity (Wildman–Crippen MR) is 87.7 cm³/mol. The molecule has 2 rings (SSSR count). The first kappa shape index (κ1) is 15.5. The number of benzene rings is 2. The Balaban J connectivity index is 2.07. The number of nitrogens with one attached hydrogen (secondary N) is 1. The molecule has 0 aliphatic rings. The molecule has 2 aromatic carbocycles. The van der Waals surface area contributed by atoms with Crippen molar-refractivity contribution in [3.8, 4) is 11.5 Å². The minimum absolute atomic E-state index is 0.621. The van der Waals surface area contributed by atoms with Crippen molar-refractivity contribution in [3.63, 3.8) is 0 Å². The van der Waals surface area contributed by atoms with Crippen LogP contribution in [0.4, 0.5) is 5.69 Å². The summed E-state index contributed by atoms with van der Waals surface area (Å²) in [4.78, 5) is 0. The predicted octanol–water partition coefficient (Wildman–Crippen LogP) is 4.67. The van der Waals surface area contributed by atoms with Gasteiger partial charge in [0.15, 0.2) is 11.5 Å². The highest BCUT2D eigenvalue weighted by Crippen LogP contribution is 2.28. The molecule has 0 saturated carbocycles. The molecule has 0 fully saturated rings. The van der Waals surface area contributed by atoms with Crippen LogP contribution in [-0.2, 0) is 6.54 Å². The van der Waals surface area contributed by atoms with Gasteiger partial charge in [0.1, 0.15) is 0 Å². The van der Waals surface area contributed by atoms with Crippen LogP contribution >= 0.6 is 11.6 Å². The lowest BCUT2D eigenvalue weighted by Crippen LogP contribution is -2.01. The number of methoxy groups -OCH3 is 1. The molecule has 0 aliphatic carbocycles. The van der Waals surface area contributed by atoms with Crippen LogP contribution in [0.25, 0.3) is 0 Å². The fourth-order valence-corrected chi connectivity index (χ4v) is 2.18. The van der Waals surface area contributed by atoms with Gasteiger partial charge in [-0.3, -0.25) is 0 Å². The van der Waals surface area contributed by atoms with E-state index in [1.165, 1.54) is 0 Å². The van der Waals surface area contributed by atoms with Crippen molar-refractivity contribution in [1.29, 1.82) is 0 Å². The summed E-state index contributed by atoms with van der Waals surface area (Å²) in [5.41, 5.74) is 3.19. The smallest absolute Gasteiger partial charge is 0.161 e. The van der Waals surface area contributed by atoms with Gasteiger partial charge in [0.05, 0.1) is 13.7 Å². The van der Waals surface area contributed by atoms with Crippen molar-refractivity contribution >= 4 is 17.3 Å². The zero-order valence-electron chi connectivity index (χ0n) is 12.6. The highest BCUT2D eigenvalue weighted by Gasteiger charge is 2.05. The van der Waals surface area contributed by atoms with Crippen LogP contribution in [0.15, 0.2) is 36.4 Å². The summed E-state index contributed by atoms with van der Waals surface area (Å²) in [6.45, 7) is 5.26. The van der Waals surface area contributed by atoms with E-state index in [0.717, 1.165) is 33.3 Å². The minimum Gasteiger partial charge on any atom is -0.493 e. The van der Waals surface area contributed by atoms with E-state index in [-0.39, 0.29) is 0 Å². The quantitative estimate of drug-likeness (QED) is 0.841. The Morgan fingerprint density at radius 2 is 1.90 bits per heavy atom. The Morgan fingerprint density at radius 3 is 2.57 bits per heavy atom. The highest BCUT2D eigenvalue weighted by atomic mass is 35.5. The van der Waals surface area contributed by atoms with Crippen LogP contribution in [0.3, 0.4) is 0 Å². The van der Waals surface area contributed by atoms with Gasteiger partial charge in [0.2, 0.25) is 0 Å². The summed E-state index contributed by atoms with van der Waals surface area (Å²) >= 11 is 6.12. The summed E-state index contributed by atoms with van der Waals surface area (Å²) in [6.07, 6.45) is 0. The number of aryl methyl sites for hydroxylation is 1. The Labute approximate surface area is 130 Å². The Morgan fingerprint density at radius 1 is 1.10 bits per heavy atom. The van der Waals surface area contributed by atoms with Crippen molar-refractivity contribution in [2.75, 3.05) is 19.0 Å². The lowest BCUT2D eigenvalue weighted by atomic mass is 10.2. The first-order chi connectivity index (χ1) is 10.1. The van der Waals surface area contributed by atoms with E-state index in [4.69, 9.17) is 21.1 Å². The van der Waals surface area contributed by atoms with E-state index in [0.29, 0.717) is 13.2 Å². The summed E-state index contributed by atoms with van der Waals surface area (Å²) in [5.74, 6) is 1.51. The SMILES string of the molecule is CCOc1ccc(CNc2ccc(C)c(Cl)c2)cc1OC. The molecule has 0 unspecified atom stereocenters. The van der Waals surface area contributed by atoms with Crippen molar-refractivity contribution in [2.45, 2.75) is 20.4 Å². The number of halogens is 1. The van der Waals surface area contributed by atoms with Crippen LogP contribution in [-0.4, -0.2) is 13.7 Å². The van der Waals surface area contributed by atoms with Crippen LogP contribution in [0, 0.1) is 6.92 Å². The molecule has 112 valence electrons. The topological polar surface area (TPSA) is 30.5 Å². The van der Waals surface area contributed by atoms with Crippen LogP contribution in [0.5, 0.6) is 11.5 Å². The summed E-state index contributed by atoms with van der Waals surface area (Å²) in [5, 5.41) is 4.12. The zero-order valence-corrected chi connectivity index (χ0v) is 13.3. The molecule has 0 radical (unpaired) electrons. The lowest BCUT2D eigenvalue weighted by molar-refractivity contribution is 0.310. The molecule has 0 aromatic heterocycles. The maximum absolute atomic E-state index is 6.12. The van der Waals surface area contributed by atoms with E-state index < -0.39 is 0 Å². The second kappa shape index (κ2) is 7.23. The fourth-order valence-electron chi connectivity index (χ4n) is 2.00. The largest absolute Gasteiger partial charge is 0.493 e. The molecule has 0 bridgehead atoms. The van der Waals surface area contributed by atoms with Crippen LogP contribution < -0.4 is 14.8 Å². The normalized spacial score (nSPS) is 10.3. The number of hydrogen-bond donors (Lipinski definition) is 1. The van der Waals surface area contributed by atoms with Gasteiger partial charge in [0.25, 0.3) is 0 Å². The molecule has 4 heteroatoms. The first-order valence-corrected chi connectivity index (χ1v) is 7.31. The molecule has 0 heterocycles. The average Bonchev–Trinajstić information content (AvgIpc) is 2.49. The second-order valence-corrected chi connectivity index (χ2v) is 5.14. The molecule has 1 N–H and O–H groups in total. The summed E-state index contributed by atoms with van der Waals surface area (Å²) in [7, 11) is 1.65. The fraction of sp³-hybridized carbons (Fsp3) is 0.294. The van der Waals surface area contributed by atoms with Gasteiger partial charge in [0, 0.05) is 17.3 Å². The maximum atomic E-state index is 6.12. The van der Waals surface area contributed by atoms with E-state index in [9.17, 15) is 0 Å². The average molecular weight is 306 g/mol. The molecule has 0 aliphatic heterocycles.